The lowest BCUT2D eigenvalue weighted by Crippen LogP contribution is -2.14. The number of hydrogen-bond donors (Lipinski definition) is 1. The molecule has 0 aliphatic carbocycles. The SMILES string of the molecule is CCOc1cn(-c2ccc(F)cc2)nc1C(=O)Nc1cc(C)cc(C)c1. The van der Waals surface area contributed by atoms with Crippen molar-refractivity contribution in [1.82, 2.24) is 9.78 Å². The van der Waals surface area contributed by atoms with E-state index in [9.17, 15) is 9.18 Å². The molecule has 1 amide bonds. The minimum Gasteiger partial charge on any atom is -0.490 e. The molecule has 0 radical (unpaired) electrons. The molecule has 0 spiro atoms. The predicted molar refractivity (Wildman–Crippen MR) is 98.6 cm³/mol. The third-order valence-corrected chi connectivity index (χ3v) is 3.77. The average molecular weight is 353 g/mol. The van der Waals surface area contributed by atoms with E-state index < -0.39 is 0 Å². The number of halogens is 1. The molecule has 6 heteroatoms. The van der Waals surface area contributed by atoms with Crippen molar-refractivity contribution in [2.24, 2.45) is 0 Å². The Balaban J connectivity index is 1.92. The molecule has 1 N–H and O–H groups in total. The number of amides is 1. The molecular formula is C20H20FN3O2. The van der Waals surface area contributed by atoms with Crippen LogP contribution < -0.4 is 10.1 Å². The highest BCUT2D eigenvalue weighted by atomic mass is 19.1. The molecule has 0 bridgehead atoms. The minimum atomic E-state index is -0.362. The summed E-state index contributed by atoms with van der Waals surface area (Å²) in [6.45, 7) is 6.18. The van der Waals surface area contributed by atoms with Crippen LogP contribution in [0.2, 0.25) is 0 Å². The maximum Gasteiger partial charge on any atom is 0.280 e. The summed E-state index contributed by atoms with van der Waals surface area (Å²) in [7, 11) is 0. The zero-order valence-electron chi connectivity index (χ0n) is 14.9. The minimum absolute atomic E-state index is 0.176. The number of anilines is 1. The van der Waals surface area contributed by atoms with Gasteiger partial charge in [0.1, 0.15) is 5.82 Å². The van der Waals surface area contributed by atoms with Crippen molar-refractivity contribution in [3.63, 3.8) is 0 Å². The smallest absolute Gasteiger partial charge is 0.280 e. The summed E-state index contributed by atoms with van der Waals surface area (Å²) in [4.78, 5) is 12.7. The van der Waals surface area contributed by atoms with Crippen LogP contribution in [0.5, 0.6) is 5.75 Å². The van der Waals surface area contributed by atoms with Gasteiger partial charge in [-0.15, -0.1) is 0 Å². The molecule has 26 heavy (non-hydrogen) atoms. The lowest BCUT2D eigenvalue weighted by atomic mass is 10.1. The molecule has 0 fully saturated rings. The maximum atomic E-state index is 13.1. The standard InChI is InChI=1S/C20H20FN3O2/c1-4-26-18-12-24(17-7-5-15(21)6-8-17)23-19(18)20(25)22-16-10-13(2)9-14(3)11-16/h5-12H,4H2,1-3H3,(H,22,25). The number of ether oxygens (including phenoxy) is 1. The van der Waals surface area contributed by atoms with E-state index in [2.05, 4.69) is 10.4 Å². The molecule has 0 aliphatic heterocycles. The first-order valence-corrected chi connectivity index (χ1v) is 8.34. The van der Waals surface area contributed by atoms with E-state index >= 15 is 0 Å². The first-order chi connectivity index (χ1) is 12.5. The molecule has 0 atom stereocenters. The van der Waals surface area contributed by atoms with E-state index in [0.717, 1.165) is 11.1 Å². The van der Waals surface area contributed by atoms with Gasteiger partial charge in [0.2, 0.25) is 0 Å². The van der Waals surface area contributed by atoms with E-state index in [-0.39, 0.29) is 17.4 Å². The van der Waals surface area contributed by atoms with Gasteiger partial charge in [0.05, 0.1) is 18.5 Å². The molecule has 0 aliphatic rings. The van der Waals surface area contributed by atoms with E-state index in [1.165, 1.54) is 16.8 Å². The van der Waals surface area contributed by atoms with Gasteiger partial charge in [0, 0.05) is 5.69 Å². The second-order valence-electron chi connectivity index (χ2n) is 6.03. The Morgan fingerprint density at radius 2 is 1.81 bits per heavy atom. The number of nitrogens with zero attached hydrogens (tertiary/aromatic N) is 2. The van der Waals surface area contributed by atoms with Crippen LogP contribution in [0.4, 0.5) is 10.1 Å². The lowest BCUT2D eigenvalue weighted by molar-refractivity contribution is 0.101. The Kier molecular flexibility index (Phi) is 5.02. The number of carbonyl (C=O) groups is 1. The van der Waals surface area contributed by atoms with Crippen molar-refractivity contribution in [3.8, 4) is 11.4 Å². The Labute approximate surface area is 151 Å². The maximum absolute atomic E-state index is 13.1. The predicted octanol–water partition coefficient (Wildman–Crippen LogP) is 4.28. The number of hydrogen-bond acceptors (Lipinski definition) is 3. The Bertz CT molecular complexity index is 912. The van der Waals surface area contributed by atoms with Gasteiger partial charge in [-0.05, 0) is 68.3 Å². The number of carbonyl (C=O) groups excluding carboxylic acids is 1. The highest BCUT2D eigenvalue weighted by molar-refractivity contribution is 6.04. The van der Waals surface area contributed by atoms with Gasteiger partial charge in [0.25, 0.3) is 5.91 Å². The van der Waals surface area contributed by atoms with Gasteiger partial charge in [-0.25, -0.2) is 9.07 Å². The zero-order chi connectivity index (χ0) is 18.7. The molecule has 1 aromatic heterocycles. The van der Waals surface area contributed by atoms with E-state index in [0.29, 0.717) is 23.7 Å². The first kappa shape index (κ1) is 17.7. The molecular weight excluding hydrogens is 333 g/mol. The van der Waals surface area contributed by atoms with Crippen LogP contribution in [-0.4, -0.2) is 22.3 Å². The van der Waals surface area contributed by atoms with Crippen molar-refractivity contribution in [3.05, 3.63) is 71.3 Å². The average Bonchev–Trinajstić information content (AvgIpc) is 2.99. The number of benzene rings is 2. The highest BCUT2D eigenvalue weighted by Crippen LogP contribution is 2.22. The first-order valence-electron chi connectivity index (χ1n) is 8.34. The van der Waals surface area contributed by atoms with Crippen molar-refractivity contribution < 1.29 is 13.9 Å². The molecule has 5 nitrogen and oxygen atoms in total. The summed E-state index contributed by atoms with van der Waals surface area (Å²) in [5.41, 5.74) is 3.63. The summed E-state index contributed by atoms with van der Waals surface area (Å²) in [6.07, 6.45) is 1.62. The number of aryl methyl sites for hydroxylation is 2. The van der Waals surface area contributed by atoms with Crippen LogP contribution in [0.1, 0.15) is 28.5 Å². The highest BCUT2D eigenvalue weighted by Gasteiger charge is 2.19. The third kappa shape index (κ3) is 3.91. The second-order valence-corrected chi connectivity index (χ2v) is 6.03. The molecule has 134 valence electrons. The molecule has 2 aromatic carbocycles. The van der Waals surface area contributed by atoms with Gasteiger partial charge < -0.3 is 10.1 Å². The van der Waals surface area contributed by atoms with E-state index in [4.69, 9.17) is 4.74 Å². The van der Waals surface area contributed by atoms with E-state index in [1.54, 1.807) is 18.3 Å². The van der Waals surface area contributed by atoms with Crippen LogP contribution in [0, 0.1) is 19.7 Å². The van der Waals surface area contributed by atoms with Crippen molar-refractivity contribution in [2.75, 3.05) is 11.9 Å². The molecule has 3 aromatic rings. The molecule has 0 saturated heterocycles. The normalized spacial score (nSPS) is 10.6. The molecule has 0 unspecified atom stereocenters. The van der Waals surface area contributed by atoms with Crippen LogP contribution in [0.15, 0.2) is 48.7 Å². The third-order valence-electron chi connectivity index (χ3n) is 3.77. The lowest BCUT2D eigenvalue weighted by Gasteiger charge is -2.07. The number of rotatable bonds is 5. The fourth-order valence-electron chi connectivity index (χ4n) is 2.74. The van der Waals surface area contributed by atoms with Crippen LogP contribution in [0.3, 0.4) is 0 Å². The van der Waals surface area contributed by atoms with Crippen molar-refractivity contribution >= 4 is 11.6 Å². The summed E-state index contributed by atoms with van der Waals surface area (Å²) in [6, 6.07) is 11.7. The van der Waals surface area contributed by atoms with Crippen LogP contribution in [0.25, 0.3) is 5.69 Å². The van der Waals surface area contributed by atoms with Gasteiger partial charge in [-0.2, -0.15) is 5.10 Å². The number of nitrogens with one attached hydrogen (secondary N) is 1. The van der Waals surface area contributed by atoms with Gasteiger partial charge in [0.15, 0.2) is 11.4 Å². The van der Waals surface area contributed by atoms with Crippen molar-refractivity contribution in [1.29, 1.82) is 0 Å². The summed E-state index contributed by atoms with van der Waals surface area (Å²) in [5, 5.41) is 7.18. The van der Waals surface area contributed by atoms with Gasteiger partial charge in [-0.1, -0.05) is 6.07 Å². The monoisotopic (exact) mass is 353 g/mol. The Hall–Kier alpha value is -3.15. The topological polar surface area (TPSA) is 56.2 Å². The van der Waals surface area contributed by atoms with Crippen molar-refractivity contribution in [2.45, 2.75) is 20.8 Å². The van der Waals surface area contributed by atoms with Gasteiger partial charge in [-0.3, -0.25) is 4.79 Å². The fraction of sp³-hybridized carbons (Fsp3) is 0.200. The molecule has 0 saturated carbocycles. The van der Waals surface area contributed by atoms with E-state index in [1.807, 2.05) is 39.0 Å². The fourth-order valence-corrected chi connectivity index (χ4v) is 2.74. The Morgan fingerprint density at radius 3 is 2.42 bits per heavy atom. The zero-order valence-corrected chi connectivity index (χ0v) is 14.9. The quantitative estimate of drug-likeness (QED) is 0.745. The summed E-state index contributed by atoms with van der Waals surface area (Å²) >= 11 is 0. The van der Waals surface area contributed by atoms with Crippen LogP contribution >= 0.6 is 0 Å². The summed E-state index contributed by atoms with van der Waals surface area (Å²) in [5.74, 6) is -0.322. The molecule has 3 rings (SSSR count). The number of aromatic nitrogens is 2. The van der Waals surface area contributed by atoms with Gasteiger partial charge >= 0.3 is 0 Å². The molecule has 1 heterocycles. The largest absolute Gasteiger partial charge is 0.490 e. The van der Waals surface area contributed by atoms with Crippen LogP contribution in [-0.2, 0) is 0 Å². The second kappa shape index (κ2) is 7.39. The summed E-state index contributed by atoms with van der Waals surface area (Å²) < 4.78 is 20.2. The Morgan fingerprint density at radius 1 is 1.15 bits per heavy atom.